The molecule has 3 aromatic rings. The van der Waals surface area contributed by atoms with Gasteiger partial charge in [-0.2, -0.15) is 0 Å². The summed E-state index contributed by atoms with van der Waals surface area (Å²) in [6.45, 7) is 3.15. The van der Waals surface area contributed by atoms with Crippen molar-refractivity contribution >= 4 is 40.1 Å². The average molecular weight is 946 g/mol. The van der Waals surface area contributed by atoms with Gasteiger partial charge in [-0.05, 0) is 180 Å². The molecule has 8 aliphatic carbocycles. The van der Waals surface area contributed by atoms with Gasteiger partial charge >= 0.3 is 23.1 Å². The Kier molecular flexibility index (Phi) is 26.4. The van der Waals surface area contributed by atoms with E-state index in [-0.39, 0.29) is 68.4 Å². The van der Waals surface area contributed by atoms with Crippen molar-refractivity contribution in [3.05, 3.63) is 96.3 Å². The SMILES string of the molecule is C.C.C.C1CCC(COOCCC23CC4CC(CC(C4)C2)C3)OC1.CN(OCCC12CC3CC(CC(C3)C1)C2)c1ccccc1.CNc1ccccc1.C[N-]c1ccccc1.[Br-].[Mg+2]. The maximum atomic E-state index is 6.00. The summed E-state index contributed by atoms with van der Waals surface area (Å²) in [6.07, 6.45) is 24.3. The van der Waals surface area contributed by atoms with Gasteiger partial charge in [-0.15, -0.1) is 12.7 Å². The minimum Gasteiger partial charge on any atom is -1.00 e. The quantitative estimate of drug-likeness (QED) is 0.0797. The van der Waals surface area contributed by atoms with E-state index in [9.17, 15) is 0 Å². The number of anilines is 2. The molecule has 350 valence electrons. The summed E-state index contributed by atoms with van der Waals surface area (Å²) in [7, 11) is 5.72. The molecule has 0 spiro atoms. The molecule has 0 radical (unpaired) electrons. The normalized spacial score (nSPS) is 29.5. The van der Waals surface area contributed by atoms with Crippen LogP contribution in [0.5, 0.6) is 0 Å². The third-order valence-corrected chi connectivity index (χ3v) is 14.8. The average Bonchev–Trinajstić information content (AvgIpc) is 3.24. The number of hydroxylamine groups is 1. The molecule has 9 fully saturated rings. The van der Waals surface area contributed by atoms with Gasteiger partial charge in [-0.3, -0.25) is 9.90 Å². The first-order valence-corrected chi connectivity index (χ1v) is 23.1. The van der Waals surface area contributed by atoms with Gasteiger partial charge in [-0.25, -0.2) is 9.78 Å². The van der Waals surface area contributed by atoms with Gasteiger partial charge in [-0.1, -0.05) is 89.0 Å². The zero-order chi connectivity index (χ0) is 40.0. The predicted octanol–water partition coefficient (Wildman–Crippen LogP) is 11.4. The number of nitrogens with zero attached hydrogens (tertiary/aromatic N) is 2. The molecule has 8 bridgehead atoms. The zero-order valence-electron chi connectivity index (χ0n) is 37.2. The van der Waals surface area contributed by atoms with Crippen LogP contribution in [-0.2, 0) is 19.3 Å². The fraction of sp³-hybridized carbons (Fsp3) is 0.667. The summed E-state index contributed by atoms with van der Waals surface area (Å²) in [6, 6.07) is 30.3. The van der Waals surface area contributed by atoms with Crippen LogP contribution in [0.15, 0.2) is 91.0 Å². The molecular weight excluding hydrogens is 859 g/mol. The van der Waals surface area contributed by atoms with Gasteiger partial charge in [0.2, 0.25) is 0 Å². The van der Waals surface area contributed by atoms with Gasteiger partial charge in [0.25, 0.3) is 0 Å². The van der Waals surface area contributed by atoms with E-state index in [1.54, 1.807) is 7.05 Å². The molecule has 1 heterocycles. The summed E-state index contributed by atoms with van der Waals surface area (Å²) in [4.78, 5) is 16.9. The van der Waals surface area contributed by atoms with Crippen LogP contribution in [0.4, 0.5) is 17.1 Å². The monoisotopic (exact) mass is 944 g/mol. The van der Waals surface area contributed by atoms with Crippen molar-refractivity contribution < 1.29 is 36.3 Å². The van der Waals surface area contributed by atoms with Crippen LogP contribution >= 0.6 is 0 Å². The molecule has 1 unspecified atom stereocenters. The molecule has 7 nitrogen and oxygen atoms in total. The predicted molar refractivity (Wildman–Crippen MR) is 264 cm³/mol. The first kappa shape index (κ1) is 57.3. The summed E-state index contributed by atoms with van der Waals surface area (Å²) in [5.41, 5.74) is 4.58. The van der Waals surface area contributed by atoms with Crippen molar-refractivity contribution in [2.24, 2.45) is 46.3 Å². The maximum absolute atomic E-state index is 6.00. The second-order valence-corrected chi connectivity index (χ2v) is 19.3. The van der Waals surface area contributed by atoms with E-state index >= 15 is 0 Å². The topological polar surface area (TPSA) is 66.3 Å². The van der Waals surface area contributed by atoms with Crippen LogP contribution in [0.2, 0.25) is 0 Å². The third-order valence-electron chi connectivity index (χ3n) is 14.8. The number of hydrogen-bond donors (Lipinski definition) is 1. The molecular formula is C54H86BrMgN3O4. The fourth-order valence-corrected chi connectivity index (χ4v) is 12.9. The van der Waals surface area contributed by atoms with Crippen molar-refractivity contribution in [1.29, 1.82) is 0 Å². The van der Waals surface area contributed by atoms with Gasteiger partial charge in [0.15, 0.2) is 0 Å². The Hall–Kier alpha value is -1.85. The van der Waals surface area contributed by atoms with E-state index in [0.29, 0.717) is 17.4 Å². The van der Waals surface area contributed by atoms with Crippen molar-refractivity contribution in [3.63, 3.8) is 0 Å². The summed E-state index contributed by atoms with van der Waals surface area (Å²) in [5, 5.41) is 8.93. The van der Waals surface area contributed by atoms with Gasteiger partial charge in [0.05, 0.1) is 25.0 Å². The van der Waals surface area contributed by atoms with E-state index in [4.69, 9.17) is 19.3 Å². The molecule has 1 aliphatic heterocycles. The van der Waals surface area contributed by atoms with Crippen molar-refractivity contribution in [3.8, 4) is 0 Å². The number of halogens is 1. The van der Waals surface area contributed by atoms with Crippen molar-refractivity contribution in [2.75, 3.05) is 58.0 Å². The molecule has 63 heavy (non-hydrogen) atoms. The molecule has 1 N–H and O–H groups in total. The molecule has 0 amide bonds. The Morgan fingerprint density at radius 3 is 1.48 bits per heavy atom. The first-order chi connectivity index (χ1) is 28.4. The summed E-state index contributed by atoms with van der Waals surface area (Å²) < 4.78 is 5.65. The Morgan fingerprint density at radius 1 is 0.635 bits per heavy atom. The van der Waals surface area contributed by atoms with Crippen molar-refractivity contribution in [1.82, 2.24) is 0 Å². The number of ether oxygens (including phenoxy) is 1. The number of nitrogens with one attached hydrogen (secondary N) is 1. The number of hydrogen-bond acceptors (Lipinski definition) is 6. The van der Waals surface area contributed by atoms with E-state index in [2.05, 4.69) is 34.9 Å². The van der Waals surface area contributed by atoms with Gasteiger partial charge in [0.1, 0.15) is 6.61 Å². The van der Waals surface area contributed by atoms with Crippen molar-refractivity contribution in [2.45, 2.75) is 138 Å². The Labute approximate surface area is 412 Å². The van der Waals surface area contributed by atoms with Crippen LogP contribution in [-0.4, -0.2) is 76.7 Å². The van der Waals surface area contributed by atoms with E-state index in [0.717, 1.165) is 78.8 Å². The van der Waals surface area contributed by atoms with Crippen LogP contribution in [0.25, 0.3) is 5.32 Å². The van der Waals surface area contributed by atoms with Gasteiger partial charge < -0.3 is 32.4 Å². The minimum atomic E-state index is 0. The molecule has 1 atom stereocenters. The Morgan fingerprint density at radius 2 is 1.08 bits per heavy atom. The zero-order valence-corrected chi connectivity index (χ0v) is 40.2. The second kappa shape index (κ2) is 29.0. The van der Waals surface area contributed by atoms with E-state index in [1.807, 2.05) is 85.9 Å². The van der Waals surface area contributed by atoms with Gasteiger partial charge in [0, 0.05) is 26.4 Å². The van der Waals surface area contributed by atoms with Crippen LogP contribution in [0.1, 0.15) is 131 Å². The molecule has 8 saturated carbocycles. The van der Waals surface area contributed by atoms with E-state index in [1.165, 1.54) is 103 Å². The molecule has 1 saturated heterocycles. The Balaban J connectivity index is 0.000000306. The fourth-order valence-electron chi connectivity index (χ4n) is 12.9. The smallest absolute Gasteiger partial charge is 1.00 e. The minimum absolute atomic E-state index is 0. The summed E-state index contributed by atoms with van der Waals surface area (Å²) >= 11 is 0. The van der Waals surface area contributed by atoms with Crippen LogP contribution in [0, 0.1) is 46.3 Å². The van der Waals surface area contributed by atoms with E-state index < -0.39 is 0 Å². The largest absolute Gasteiger partial charge is 2.00 e. The molecule has 0 aromatic heterocycles. The molecule has 9 aliphatic rings. The number of rotatable bonds is 13. The summed E-state index contributed by atoms with van der Waals surface area (Å²) in [5.74, 6) is 6.24. The Bertz CT molecular complexity index is 1490. The molecule has 12 rings (SSSR count). The third kappa shape index (κ3) is 17.4. The first-order valence-electron chi connectivity index (χ1n) is 23.1. The molecule has 9 heteroatoms. The maximum Gasteiger partial charge on any atom is 2.00 e. The second-order valence-electron chi connectivity index (χ2n) is 19.3. The molecule has 3 aromatic carbocycles. The van der Waals surface area contributed by atoms with Crippen LogP contribution in [0.3, 0.4) is 0 Å². The standard InChI is InChI=1S/C19H27NO.C18H30O3.C7H9N.C7H8N.3CH4.BrH.Mg/c1-20(18-5-3-2-4-6-18)21-8-7-19-12-15-9-16(13-19)11-17(10-15)14-19;1-2-5-19-17(3-1)13-21-20-6-4-18-10-14-7-15(11-18)9-16(8-14)12-18;2*1-8-7-5-3-2-4-6-7;;;;;/h2-6,15-17H,7-14H2,1H3;14-17H,1-13H2;2-6,8H,1H3;2-6H,1H3;3*1H4;1H;/q;;;-1;;;;;+2/p-1. The van der Waals surface area contributed by atoms with Crippen LogP contribution < -0.4 is 27.4 Å². The number of para-hydroxylation sites is 3. The number of benzene rings is 3.